The van der Waals surface area contributed by atoms with Crippen LogP contribution in [0, 0.1) is 0 Å². The highest BCUT2D eigenvalue weighted by Gasteiger charge is 2.46. The van der Waals surface area contributed by atoms with Gasteiger partial charge in [0, 0.05) is 5.56 Å². The number of amides is 1. The standard InChI is InChI=1S/C25H21NO6/c27-18-8-5-15(6-9-18)22-21(24(29)25(30)26(22)14-19-4-2-11-31-19)23(28)17-7-10-20-16(13-17)3-1-12-32-20/h2,4-11,13,22,27-28H,1,3,12,14H2/b23-21-. The van der Waals surface area contributed by atoms with Crippen molar-refractivity contribution in [1.82, 2.24) is 4.90 Å². The number of furan rings is 1. The molecular formula is C25H21NO6. The van der Waals surface area contributed by atoms with E-state index in [1.54, 1.807) is 42.5 Å². The number of benzene rings is 2. The number of carbonyl (C=O) groups is 2. The summed E-state index contributed by atoms with van der Waals surface area (Å²) in [6.45, 7) is 0.717. The van der Waals surface area contributed by atoms with E-state index in [2.05, 4.69) is 0 Å². The molecule has 7 heteroatoms. The molecule has 3 aromatic rings. The van der Waals surface area contributed by atoms with E-state index in [4.69, 9.17) is 9.15 Å². The van der Waals surface area contributed by atoms with Crippen LogP contribution in [-0.2, 0) is 22.6 Å². The lowest BCUT2D eigenvalue weighted by Crippen LogP contribution is -2.29. The Morgan fingerprint density at radius 2 is 1.91 bits per heavy atom. The summed E-state index contributed by atoms with van der Waals surface area (Å²) in [4.78, 5) is 27.4. The topological polar surface area (TPSA) is 100 Å². The van der Waals surface area contributed by atoms with E-state index in [0.29, 0.717) is 23.5 Å². The fraction of sp³-hybridized carbons (Fsp3) is 0.200. The number of aromatic hydroxyl groups is 1. The Bertz CT molecular complexity index is 1210. The van der Waals surface area contributed by atoms with Gasteiger partial charge in [-0.3, -0.25) is 9.59 Å². The fourth-order valence-corrected chi connectivity index (χ4v) is 4.28. The number of carbonyl (C=O) groups excluding carboxylic acids is 2. The summed E-state index contributed by atoms with van der Waals surface area (Å²) in [6.07, 6.45) is 3.18. The number of ketones is 1. The summed E-state index contributed by atoms with van der Waals surface area (Å²) in [6, 6.07) is 14.1. The minimum absolute atomic E-state index is 0.00363. The molecule has 2 aliphatic heterocycles. The highest BCUT2D eigenvalue weighted by molar-refractivity contribution is 6.46. The minimum atomic E-state index is -0.826. The van der Waals surface area contributed by atoms with Crippen molar-refractivity contribution < 1.29 is 29.0 Å². The lowest BCUT2D eigenvalue weighted by Gasteiger charge is -2.24. The second kappa shape index (κ2) is 7.92. The SMILES string of the molecule is O=C1C(=O)N(Cc2ccco2)C(c2ccc(O)cc2)/C1=C(/O)c1ccc2c(c1)CCCO2. The zero-order valence-corrected chi connectivity index (χ0v) is 17.2. The molecule has 1 amide bonds. The van der Waals surface area contributed by atoms with Gasteiger partial charge in [-0.25, -0.2) is 0 Å². The summed E-state index contributed by atoms with van der Waals surface area (Å²) in [5, 5.41) is 20.9. The van der Waals surface area contributed by atoms with Crippen LogP contribution >= 0.6 is 0 Å². The van der Waals surface area contributed by atoms with E-state index in [9.17, 15) is 19.8 Å². The fourth-order valence-electron chi connectivity index (χ4n) is 4.28. The molecule has 2 N–H and O–H groups in total. The Hall–Kier alpha value is -4.00. The monoisotopic (exact) mass is 431 g/mol. The maximum atomic E-state index is 13.1. The molecular weight excluding hydrogens is 410 g/mol. The van der Waals surface area contributed by atoms with Gasteiger partial charge in [0.1, 0.15) is 23.0 Å². The number of nitrogens with zero attached hydrogens (tertiary/aromatic N) is 1. The van der Waals surface area contributed by atoms with Gasteiger partial charge in [-0.1, -0.05) is 12.1 Å². The molecule has 3 heterocycles. The first-order chi connectivity index (χ1) is 15.5. The molecule has 0 saturated carbocycles. The molecule has 162 valence electrons. The van der Waals surface area contributed by atoms with Crippen molar-refractivity contribution in [3.63, 3.8) is 0 Å². The largest absolute Gasteiger partial charge is 0.508 e. The van der Waals surface area contributed by atoms with E-state index in [1.165, 1.54) is 23.3 Å². The number of ether oxygens (including phenoxy) is 1. The summed E-state index contributed by atoms with van der Waals surface area (Å²) in [7, 11) is 0. The number of rotatable bonds is 4. The van der Waals surface area contributed by atoms with Gasteiger partial charge in [-0.15, -0.1) is 0 Å². The zero-order valence-electron chi connectivity index (χ0n) is 17.2. The van der Waals surface area contributed by atoms with Crippen LogP contribution in [0.4, 0.5) is 0 Å². The van der Waals surface area contributed by atoms with Gasteiger partial charge in [0.2, 0.25) is 0 Å². The minimum Gasteiger partial charge on any atom is -0.508 e. The number of aliphatic hydroxyl groups excluding tert-OH is 1. The van der Waals surface area contributed by atoms with Crippen LogP contribution in [0.15, 0.2) is 70.9 Å². The smallest absolute Gasteiger partial charge is 0.296 e. The first-order valence-corrected chi connectivity index (χ1v) is 10.4. The Labute approximate surface area is 184 Å². The van der Waals surface area contributed by atoms with Crippen LogP contribution in [0.1, 0.15) is 34.9 Å². The molecule has 1 fully saturated rings. The summed E-state index contributed by atoms with van der Waals surface area (Å²) < 4.78 is 11.0. The summed E-state index contributed by atoms with van der Waals surface area (Å²) in [5.74, 6) is -0.380. The maximum Gasteiger partial charge on any atom is 0.296 e. The van der Waals surface area contributed by atoms with Crippen molar-refractivity contribution in [2.24, 2.45) is 0 Å². The Balaban J connectivity index is 1.63. The van der Waals surface area contributed by atoms with Crippen molar-refractivity contribution in [1.29, 1.82) is 0 Å². The van der Waals surface area contributed by atoms with E-state index in [0.717, 1.165) is 24.2 Å². The predicted molar refractivity (Wildman–Crippen MR) is 115 cm³/mol. The van der Waals surface area contributed by atoms with Gasteiger partial charge in [0.25, 0.3) is 11.7 Å². The average molecular weight is 431 g/mol. The van der Waals surface area contributed by atoms with Crippen LogP contribution in [-0.4, -0.2) is 33.4 Å². The highest BCUT2D eigenvalue weighted by Crippen LogP contribution is 2.41. The number of hydrogen-bond donors (Lipinski definition) is 2. The molecule has 5 rings (SSSR count). The van der Waals surface area contributed by atoms with Crippen molar-refractivity contribution in [3.8, 4) is 11.5 Å². The molecule has 7 nitrogen and oxygen atoms in total. The Morgan fingerprint density at radius 1 is 1.09 bits per heavy atom. The second-order valence-electron chi connectivity index (χ2n) is 7.87. The molecule has 0 radical (unpaired) electrons. The van der Waals surface area contributed by atoms with Gasteiger partial charge in [0.05, 0.1) is 31.0 Å². The van der Waals surface area contributed by atoms with Gasteiger partial charge in [-0.05, 0) is 66.4 Å². The first kappa shape index (κ1) is 19.9. The summed E-state index contributed by atoms with van der Waals surface area (Å²) in [5.41, 5.74) is 2.00. The van der Waals surface area contributed by atoms with Gasteiger partial charge in [-0.2, -0.15) is 0 Å². The van der Waals surface area contributed by atoms with Gasteiger partial charge < -0.3 is 24.3 Å². The molecule has 1 atom stereocenters. The number of Topliss-reactive ketones (excluding diaryl/α,β-unsaturated/α-hetero) is 1. The molecule has 2 aromatic carbocycles. The Morgan fingerprint density at radius 3 is 2.66 bits per heavy atom. The van der Waals surface area contributed by atoms with Crippen molar-refractivity contribution >= 4 is 17.4 Å². The van der Waals surface area contributed by atoms with Gasteiger partial charge in [0.15, 0.2) is 0 Å². The van der Waals surface area contributed by atoms with Crippen LogP contribution in [0.25, 0.3) is 5.76 Å². The third-order valence-electron chi connectivity index (χ3n) is 5.84. The molecule has 32 heavy (non-hydrogen) atoms. The van der Waals surface area contributed by atoms with Crippen LogP contribution in [0.2, 0.25) is 0 Å². The molecule has 1 aromatic heterocycles. The molecule has 0 spiro atoms. The molecule has 1 saturated heterocycles. The van der Waals surface area contributed by atoms with E-state index in [-0.39, 0.29) is 23.6 Å². The summed E-state index contributed by atoms with van der Waals surface area (Å²) >= 11 is 0. The van der Waals surface area contributed by atoms with Crippen LogP contribution < -0.4 is 4.74 Å². The van der Waals surface area contributed by atoms with Crippen molar-refractivity contribution in [2.45, 2.75) is 25.4 Å². The normalized spacial score (nSPS) is 19.6. The van der Waals surface area contributed by atoms with E-state index < -0.39 is 17.7 Å². The number of phenols is 1. The number of aliphatic hydroxyl groups is 1. The van der Waals surface area contributed by atoms with E-state index in [1.807, 2.05) is 0 Å². The highest BCUT2D eigenvalue weighted by atomic mass is 16.5. The van der Waals surface area contributed by atoms with Crippen LogP contribution in [0.3, 0.4) is 0 Å². The number of likely N-dealkylation sites (tertiary alicyclic amines) is 1. The zero-order chi connectivity index (χ0) is 22.2. The third-order valence-corrected chi connectivity index (χ3v) is 5.84. The first-order valence-electron chi connectivity index (χ1n) is 10.4. The predicted octanol–water partition coefficient (Wildman–Crippen LogP) is 3.93. The lowest BCUT2D eigenvalue weighted by molar-refractivity contribution is -0.140. The molecule has 2 aliphatic rings. The number of phenolic OH excluding ortho intramolecular Hbond substituents is 1. The second-order valence-corrected chi connectivity index (χ2v) is 7.87. The number of fused-ring (bicyclic) bond motifs is 1. The van der Waals surface area contributed by atoms with Gasteiger partial charge >= 0.3 is 0 Å². The van der Waals surface area contributed by atoms with Crippen molar-refractivity contribution in [2.75, 3.05) is 6.61 Å². The maximum absolute atomic E-state index is 13.1. The molecule has 0 bridgehead atoms. The number of aryl methyl sites for hydroxylation is 1. The number of hydrogen-bond acceptors (Lipinski definition) is 6. The Kier molecular flexibility index (Phi) is 4.93. The van der Waals surface area contributed by atoms with E-state index >= 15 is 0 Å². The molecule has 0 aliphatic carbocycles. The average Bonchev–Trinajstić information content (AvgIpc) is 3.41. The van der Waals surface area contributed by atoms with Crippen molar-refractivity contribution in [3.05, 3.63) is 88.9 Å². The van der Waals surface area contributed by atoms with Crippen LogP contribution in [0.5, 0.6) is 11.5 Å². The molecule has 1 unspecified atom stereocenters. The quantitative estimate of drug-likeness (QED) is 0.369. The lowest BCUT2D eigenvalue weighted by atomic mass is 9.94. The third kappa shape index (κ3) is 3.41.